The topological polar surface area (TPSA) is 44.8 Å². The number of phosphoric acid groups is 1. The number of halogens is 2. The van der Waals surface area contributed by atoms with Crippen molar-refractivity contribution in [2.45, 2.75) is 39.0 Å². The molecule has 0 aliphatic rings. The minimum absolute atomic E-state index is 0.109. The Labute approximate surface area is 88.4 Å². The van der Waals surface area contributed by atoms with Gasteiger partial charge in [0, 0.05) is 0 Å². The SMILES string of the molecule is CCCCCCCOP(=O)(OF)OCl. The summed E-state index contributed by atoms with van der Waals surface area (Å²) in [7, 11) is -4.14. The highest BCUT2D eigenvalue weighted by Crippen LogP contribution is 2.51. The first-order valence-corrected chi connectivity index (χ1v) is 6.30. The summed E-state index contributed by atoms with van der Waals surface area (Å²) in [5.74, 6) is 0. The van der Waals surface area contributed by atoms with E-state index in [-0.39, 0.29) is 6.61 Å². The molecule has 0 bridgehead atoms. The summed E-state index contributed by atoms with van der Waals surface area (Å²) in [6, 6.07) is 0. The van der Waals surface area contributed by atoms with Gasteiger partial charge in [-0.25, -0.2) is 4.57 Å². The Morgan fingerprint density at radius 1 is 1.29 bits per heavy atom. The third-order valence-electron chi connectivity index (χ3n) is 1.67. The van der Waals surface area contributed by atoms with Crippen LogP contribution in [0.4, 0.5) is 4.53 Å². The van der Waals surface area contributed by atoms with Crippen molar-refractivity contribution in [1.82, 2.24) is 0 Å². The summed E-state index contributed by atoms with van der Waals surface area (Å²) >= 11 is 4.72. The molecule has 0 aromatic carbocycles. The zero-order valence-electron chi connectivity index (χ0n) is 8.08. The molecule has 0 N–H and O–H groups in total. The van der Waals surface area contributed by atoms with E-state index in [1.807, 2.05) is 0 Å². The fraction of sp³-hybridized carbons (Fsp3) is 1.00. The fourth-order valence-corrected chi connectivity index (χ4v) is 1.57. The quantitative estimate of drug-likeness (QED) is 0.454. The van der Waals surface area contributed by atoms with E-state index >= 15 is 0 Å². The van der Waals surface area contributed by atoms with E-state index in [0.717, 1.165) is 25.7 Å². The molecule has 1 atom stereocenters. The van der Waals surface area contributed by atoms with Crippen LogP contribution in [0.5, 0.6) is 0 Å². The average molecular weight is 249 g/mol. The van der Waals surface area contributed by atoms with Crippen LogP contribution in [0.2, 0.25) is 0 Å². The van der Waals surface area contributed by atoms with Crippen LogP contribution in [0.25, 0.3) is 0 Å². The monoisotopic (exact) mass is 248 g/mol. The highest BCUT2D eigenvalue weighted by Gasteiger charge is 2.27. The Balaban J connectivity index is 3.39. The summed E-state index contributed by atoms with van der Waals surface area (Å²) in [6.45, 7) is 2.21. The molecular formula is C7H15ClFO4P. The predicted octanol–water partition coefficient (Wildman–Crippen LogP) is 4.15. The molecule has 0 spiro atoms. The van der Waals surface area contributed by atoms with Crippen molar-refractivity contribution in [3.8, 4) is 0 Å². The van der Waals surface area contributed by atoms with Gasteiger partial charge in [-0.15, -0.1) is 0 Å². The van der Waals surface area contributed by atoms with Crippen LogP contribution in [0.3, 0.4) is 0 Å². The Kier molecular flexibility index (Phi) is 8.83. The second-order valence-electron chi connectivity index (χ2n) is 2.83. The molecule has 86 valence electrons. The number of unbranched alkanes of at least 4 members (excludes halogenated alkanes) is 4. The first-order valence-electron chi connectivity index (χ1n) is 4.53. The van der Waals surface area contributed by atoms with E-state index in [1.165, 1.54) is 0 Å². The molecule has 0 aromatic heterocycles. The van der Waals surface area contributed by atoms with Crippen molar-refractivity contribution >= 4 is 19.7 Å². The molecule has 0 heterocycles. The first-order chi connectivity index (χ1) is 6.68. The Hall–Kier alpha value is 0.330. The maximum atomic E-state index is 11.6. The van der Waals surface area contributed by atoms with Gasteiger partial charge in [0.1, 0.15) is 0 Å². The molecule has 0 amide bonds. The van der Waals surface area contributed by atoms with Crippen molar-refractivity contribution < 1.29 is 22.4 Å². The van der Waals surface area contributed by atoms with E-state index in [1.54, 1.807) is 0 Å². The second kappa shape index (κ2) is 8.62. The lowest BCUT2D eigenvalue weighted by Crippen LogP contribution is -1.94. The molecular weight excluding hydrogens is 233 g/mol. The van der Waals surface area contributed by atoms with Crippen LogP contribution in [0.1, 0.15) is 39.0 Å². The van der Waals surface area contributed by atoms with Gasteiger partial charge < -0.3 is 0 Å². The van der Waals surface area contributed by atoms with Gasteiger partial charge in [-0.2, -0.15) is 4.08 Å². The van der Waals surface area contributed by atoms with Crippen LogP contribution in [-0.2, 0) is 17.9 Å². The lowest BCUT2D eigenvalue weighted by atomic mass is 10.2. The fourth-order valence-electron chi connectivity index (χ4n) is 0.932. The highest BCUT2D eigenvalue weighted by atomic mass is 35.5. The summed E-state index contributed by atoms with van der Waals surface area (Å²) in [4.78, 5) is 0. The Morgan fingerprint density at radius 2 is 1.93 bits per heavy atom. The van der Waals surface area contributed by atoms with Gasteiger partial charge in [0.2, 0.25) is 0 Å². The normalized spacial score (nSPS) is 15.4. The van der Waals surface area contributed by atoms with Crippen molar-refractivity contribution in [2.75, 3.05) is 6.61 Å². The van der Waals surface area contributed by atoms with Gasteiger partial charge in [0.15, 0.2) is 0 Å². The summed E-state index contributed by atoms with van der Waals surface area (Å²) in [5, 5.41) is 0. The van der Waals surface area contributed by atoms with Gasteiger partial charge >= 0.3 is 7.82 Å². The molecule has 4 nitrogen and oxygen atoms in total. The van der Waals surface area contributed by atoms with E-state index in [0.29, 0.717) is 6.42 Å². The molecule has 0 aromatic rings. The van der Waals surface area contributed by atoms with Crippen LogP contribution >= 0.6 is 19.7 Å². The maximum Gasteiger partial charge on any atom is 0.522 e. The van der Waals surface area contributed by atoms with Crippen LogP contribution in [-0.4, -0.2) is 6.61 Å². The smallest absolute Gasteiger partial charge is 0.284 e. The first kappa shape index (κ1) is 14.3. The van der Waals surface area contributed by atoms with E-state index < -0.39 is 7.82 Å². The van der Waals surface area contributed by atoms with Crippen LogP contribution in [0.15, 0.2) is 0 Å². The lowest BCUT2D eigenvalue weighted by Gasteiger charge is -2.07. The van der Waals surface area contributed by atoms with Gasteiger partial charge in [0.25, 0.3) is 0 Å². The number of hydrogen-bond donors (Lipinski definition) is 0. The molecule has 0 radical (unpaired) electrons. The molecule has 1 unspecified atom stereocenters. The highest BCUT2D eigenvalue weighted by molar-refractivity contribution is 7.49. The third-order valence-corrected chi connectivity index (χ3v) is 3.01. The minimum Gasteiger partial charge on any atom is -0.284 e. The number of hydrogen-bond acceptors (Lipinski definition) is 4. The largest absolute Gasteiger partial charge is 0.522 e. The maximum absolute atomic E-state index is 11.6. The van der Waals surface area contributed by atoms with Crippen molar-refractivity contribution in [3.05, 3.63) is 0 Å². The zero-order valence-corrected chi connectivity index (χ0v) is 9.73. The molecule has 0 aliphatic heterocycles. The van der Waals surface area contributed by atoms with Crippen LogP contribution in [0, 0.1) is 0 Å². The van der Waals surface area contributed by atoms with Gasteiger partial charge in [-0.05, 0) is 10.9 Å². The van der Waals surface area contributed by atoms with Gasteiger partial charge in [0.05, 0.1) is 18.5 Å². The zero-order chi connectivity index (χ0) is 10.9. The molecule has 0 saturated heterocycles. The minimum atomic E-state index is -4.14. The van der Waals surface area contributed by atoms with Crippen molar-refractivity contribution in [2.24, 2.45) is 0 Å². The van der Waals surface area contributed by atoms with Crippen molar-refractivity contribution in [3.63, 3.8) is 0 Å². The van der Waals surface area contributed by atoms with Gasteiger partial charge in [-0.1, -0.05) is 37.3 Å². The summed E-state index contributed by atoms with van der Waals surface area (Å²) < 4.78 is 33.7. The molecule has 0 rings (SSSR count). The molecule has 0 fully saturated rings. The predicted molar refractivity (Wildman–Crippen MR) is 51.4 cm³/mol. The van der Waals surface area contributed by atoms with Gasteiger partial charge in [-0.3, -0.25) is 4.52 Å². The molecule has 14 heavy (non-hydrogen) atoms. The second-order valence-corrected chi connectivity index (χ2v) is 4.68. The Bertz CT molecular complexity index is 173. The molecule has 0 aliphatic carbocycles. The van der Waals surface area contributed by atoms with E-state index in [9.17, 15) is 9.09 Å². The van der Waals surface area contributed by atoms with E-state index in [2.05, 4.69) is 20.3 Å². The van der Waals surface area contributed by atoms with E-state index in [4.69, 9.17) is 11.9 Å². The average Bonchev–Trinajstić information content (AvgIpc) is 2.23. The standard InChI is InChI=1S/C7H15ClFO4P/c1-2-3-4-5-6-7-11-14(10,12-8)13-9/h2-7H2,1H3. The molecule has 7 heteroatoms. The summed E-state index contributed by atoms with van der Waals surface area (Å²) in [5.41, 5.74) is 0. The Morgan fingerprint density at radius 3 is 2.43 bits per heavy atom. The van der Waals surface area contributed by atoms with Crippen molar-refractivity contribution in [1.29, 1.82) is 0 Å². The van der Waals surface area contributed by atoms with Crippen LogP contribution < -0.4 is 0 Å². The third kappa shape index (κ3) is 6.74. The molecule has 0 saturated carbocycles. The lowest BCUT2D eigenvalue weighted by molar-refractivity contribution is -0.0444. The summed E-state index contributed by atoms with van der Waals surface area (Å²) in [6.07, 6.45) is 4.96. The number of rotatable bonds is 9.